The first-order chi connectivity index (χ1) is 9.08. The van der Waals surface area contributed by atoms with Gasteiger partial charge in [-0.3, -0.25) is 0 Å². The van der Waals surface area contributed by atoms with Crippen molar-refractivity contribution in [2.24, 2.45) is 0 Å². The van der Waals surface area contributed by atoms with Crippen molar-refractivity contribution >= 4 is 27.3 Å². The van der Waals surface area contributed by atoms with E-state index >= 15 is 0 Å². The zero-order chi connectivity index (χ0) is 14.0. The Labute approximate surface area is 126 Å². The van der Waals surface area contributed by atoms with E-state index in [1.54, 1.807) is 18.4 Å². The molecule has 102 valence electrons. The van der Waals surface area contributed by atoms with Gasteiger partial charge < -0.3 is 10.1 Å². The first kappa shape index (κ1) is 14.6. The summed E-state index contributed by atoms with van der Waals surface area (Å²) in [4.78, 5) is 1.22. The summed E-state index contributed by atoms with van der Waals surface area (Å²) in [7, 11) is 3.71. The largest absolute Gasteiger partial charge is 0.496 e. The van der Waals surface area contributed by atoms with E-state index in [0.29, 0.717) is 0 Å². The minimum atomic E-state index is 0.168. The molecule has 0 aliphatic carbocycles. The second-order valence-corrected chi connectivity index (χ2v) is 6.33. The van der Waals surface area contributed by atoms with Gasteiger partial charge in [0.05, 0.1) is 18.0 Å². The van der Waals surface area contributed by atoms with Crippen LogP contribution in [0.25, 0.3) is 0 Å². The number of nitrogens with one attached hydrogen (secondary N) is 1. The minimum absolute atomic E-state index is 0.168. The number of ether oxygens (including phenoxy) is 1. The molecule has 0 aliphatic heterocycles. The molecule has 0 bridgehead atoms. The third kappa shape index (κ3) is 2.86. The van der Waals surface area contributed by atoms with E-state index in [1.165, 1.54) is 21.6 Å². The Kier molecular flexibility index (Phi) is 4.66. The highest BCUT2D eigenvalue weighted by molar-refractivity contribution is 9.10. The van der Waals surface area contributed by atoms with Gasteiger partial charge in [-0.05, 0) is 55.1 Å². The Morgan fingerprint density at radius 1 is 1.26 bits per heavy atom. The Morgan fingerprint density at radius 3 is 2.63 bits per heavy atom. The van der Waals surface area contributed by atoms with Crippen LogP contribution in [0.1, 0.15) is 27.6 Å². The van der Waals surface area contributed by atoms with Gasteiger partial charge in [-0.2, -0.15) is 0 Å². The van der Waals surface area contributed by atoms with E-state index < -0.39 is 0 Å². The number of rotatable bonds is 4. The molecule has 1 N–H and O–H groups in total. The van der Waals surface area contributed by atoms with Crippen LogP contribution in [0.15, 0.2) is 28.1 Å². The topological polar surface area (TPSA) is 21.3 Å². The lowest BCUT2D eigenvalue weighted by molar-refractivity contribution is 0.408. The van der Waals surface area contributed by atoms with E-state index in [2.05, 4.69) is 52.6 Å². The Balaban J connectivity index is 2.51. The van der Waals surface area contributed by atoms with E-state index in [9.17, 15) is 0 Å². The van der Waals surface area contributed by atoms with Crippen molar-refractivity contribution in [1.82, 2.24) is 5.32 Å². The first-order valence-electron chi connectivity index (χ1n) is 6.13. The predicted molar refractivity (Wildman–Crippen MR) is 85.4 cm³/mol. The molecule has 1 aromatic carbocycles. The molecule has 0 radical (unpaired) electrons. The van der Waals surface area contributed by atoms with E-state index in [0.717, 1.165) is 10.2 Å². The zero-order valence-corrected chi connectivity index (χ0v) is 14.0. The summed E-state index contributed by atoms with van der Waals surface area (Å²) in [6, 6.07) is 6.60. The molecule has 2 aromatic rings. The molecule has 0 amide bonds. The monoisotopic (exact) mass is 339 g/mol. The number of halogens is 1. The summed E-state index contributed by atoms with van der Waals surface area (Å²) in [5.74, 6) is 0.948. The van der Waals surface area contributed by atoms with Gasteiger partial charge in [0.25, 0.3) is 0 Å². The molecule has 2 rings (SSSR count). The highest BCUT2D eigenvalue weighted by atomic mass is 79.9. The maximum atomic E-state index is 5.44. The van der Waals surface area contributed by atoms with Gasteiger partial charge in [0.2, 0.25) is 0 Å². The third-order valence-electron chi connectivity index (χ3n) is 3.29. The van der Waals surface area contributed by atoms with E-state index in [1.807, 2.05) is 13.1 Å². The molecule has 1 atom stereocenters. The van der Waals surface area contributed by atoms with E-state index in [-0.39, 0.29) is 6.04 Å². The van der Waals surface area contributed by atoms with Crippen LogP contribution in [0.2, 0.25) is 0 Å². The second-order valence-electron chi connectivity index (χ2n) is 4.53. The summed E-state index contributed by atoms with van der Waals surface area (Å²) in [5, 5.41) is 5.47. The molecule has 1 aromatic heterocycles. The van der Waals surface area contributed by atoms with Gasteiger partial charge in [0.15, 0.2) is 0 Å². The van der Waals surface area contributed by atoms with Gasteiger partial charge in [0.1, 0.15) is 5.75 Å². The van der Waals surface area contributed by atoms with Crippen LogP contribution in [-0.4, -0.2) is 14.2 Å². The molecule has 0 fully saturated rings. The van der Waals surface area contributed by atoms with Crippen molar-refractivity contribution in [1.29, 1.82) is 0 Å². The maximum Gasteiger partial charge on any atom is 0.134 e. The number of aryl methyl sites for hydroxylation is 2. The molecule has 19 heavy (non-hydrogen) atoms. The van der Waals surface area contributed by atoms with Crippen molar-refractivity contribution in [2.45, 2.75) is 19.9 Å². The average molecular weight is 340 g/mol. The maximum absolute atomic E-state index is 5.44. The SMILES string of the molecule is CNC(c1cc(C)c(Br)cc1C)c1sccc1OC. The number of thiophene rings is 1. The molecule has 1 heterocycles. The zero-order valence-electron chi connectivity index (χ0n) is 11.6. The van der Waals surface area contributed by atoms with Crippen LogP contribution in [0.4, 0.5) is 0 Å². The van der Waals surface area contributed by atoms with Crippen LogP contribution >= 0.6 is 27.3 Å². The quantitative estimate of drug-likeness (QED) is 0.888. The van der Waals surface area contributed by atoms with Gasteiger partial charge in [-0.1, -0.05) is 22.0 Å². The summed E-state index contributed by atoms with van der Waals surface area (Å²) in [6.07, 6.45) is 0. The summed E-state index contributed by atoms with van der Waals surface area (Å²) < 4.78 is 6.60. The Hall–Kier alpha value is -0.840. The number of methoxy groups -OCH3 is 1. The van der Waals surface area contributed by atoms with Crippen molar-refractivity contribution < 1.29 is 4.74 Å². The van der Waals surface area contributed by atoms with Crippen molar-refractivity contribution in [3.63, 3.8) is 0 Å². The molecular weight excluding hydrogens is 322 g/mol. The summed E-state index contributed by atoms with van der Waals surface area (Å²) >= 11 is 5.31. The standard InChI is InChI=1S/C15H18BrNOS/c1-9-8-12(16)10(2)7-11(9)14(17-3)15-13(18-4)5-6-19-15/h5-8,14,17H,1-4H3. The first-order valence-corrected chi connectivity index (χ1v) is 7.81. The second kappa shape index (κ2) is 6.07. The summed E-state index contributed by atoms with van der Waals surface area (Å²) in [6.45, 7) is 4.26. The van der Waals surface area contributed by atoms with Gasteiger partial charge in [0, 0.05) is 4.47 Å². The van der Waals surface area contributed by atoms with Crippen LogP contribution in [0, 0.1) is 13.8 Å². The highest BCUT2D eigenvalue weighted by Crippen LogP contribution is 2.36. The molecule has 0 aliphatic rings. The average Bonchev–Trinajstić information content (AvgIpc) is 2.84. The lowest BCUT2D eigenvalue weighted by Crippen LogP contribution is -2.18. The lowest BCUT2D eigenvalue weighted by Gasteiger charge is -2.20. The Morgan fingerprint density at radius 2 is 2.00 bits per heavy atom. The molecular formula is C15H18BrNOS. The smallest absolute Gasteiger partial charge is 0.134 e. The van der Waals surface area contributed by atoms with Gasteiger partial charge >= 0.3 is 0 Å². The fourth-order valence-corrected chi connectivity index (χ4v) is 3.67. The van der Waals surface area contributed by atoms with Crippen molar-refractivity contribution in [3.05, 3.63) is 49.6 Å². The number of hydrogen-bond donors (Lipinski definition) is 1. The number of benzene rings is 1. The van der Waals surface area contributed by atoms with Crippen LogP contribution < -0.4 is 10.1 Å². The minimum Gasteiger partial charge on any atom is -0.496 e. The normalized spacial score (nSPS) is 12.5. The molecule has 2 nitrogen and oxygen atoms in total. The molecule has 0 spiro atoms. The van der Waals surface area contributed by atoms with Crippen LogP contribution in [0.3, 0.4) is 0 Å². The lowest BCUT2D eigenvalue weighted by atomic mass is 9.97. The number of hydrogen-bond acceptors (Lipinski definition) is 3. The fraction of sp³-hybridized carbons (Fsp3) is 0.333. The predicted octanol–water partition coefficient (Wildman–Crippen LogP) is 4.44. The van der Waals surface area contributed by atoms with Crippen molar-refractivity contribution in [3.8, 4) is 5.75 Å². The van der Waals surface area contributed by atoms with Crippen molar-refractivity contribution in [2.75, 3.05) is 14.2 Å². The third-order valence-corrected chi connectivity index (χ3v) is 5.10. The molecule has 0 saturated heterocycles. The Bertz CT molecular complexity index is 580. The molecule has 0 saturated carbocycles. The van der Waals surface area contributed by atoms with Gasteiger partial charge in [-0.25, -0.2) is 0 Å². The van der Waals surface area contributed by atoms with Crippen LogP contribution in [0.5, 0.6) is 5.75 Å². The van der Waals surface area contributed by atoms with Crippen LogP contribution in [-0.2, 0) is 0 Å². The fourth-order valence-electron chi connectivity index (χ4n) is 2.23. The molecule has 1 unspecified atom stereocenters. The highest BCUT2D eigenvalue weighted by Gasteiger charge is 2.20. The summed E-state index contributed by atoms with van der Waals surface area (Å²) in [5.41, 5.74) is 3.81. The van der Waals surface area contributed by atoms with Gasteiger partial charge in [-0.15, -0.1) is 11.3 Å². The molecule has 4 heteroatoms. The van der Waals surface area contributed by atoms with E-state index in [4.69, 9.17) is 4.74 Å².